The lowest BCUT2D eigenvalue weighted by molar-refractivity contribution is -0.120. The molecule has 2 heterocycles. The van der Waals surface area contributed by atoms with Crippen LogP contribution in [-0.4, -0.2) is 53.6 Å². The summed E-state index contributed by atoms with van der Waals surface area (Å²) in [4.78, 5) is 28.6. The van der Waals surface area contributed by atoms with Crippen LogP contribution in [0, 0.1) is 0 Å². The Hall–Kier alpha value is -1.92. The SMILES string of the molecule is C[C@H]1CC(=O)Nc2ccccc2N1C(=O)CN1CCC[C@H]1CO. The van der Waals surface area contributed by atoms with E-state index in [2.05, 4.69) is 5.32 Å². The maximum atomic E-state index is 12.9. The molecular formula is C17H23N3O3. The smallest absolute Gasteiger partial charge is 0.241 e. The van der Waals surface area contributed by atoms with E-state index in [0.29, 0.717) is 5.69 Å². The van der Waals surface area contributed by atoms with Gasteiger partial charge in [0.1, 0.15) is 0 Å². The summed E-state index contributed by atoms with van der Waals surface area (Å²) in [5.41, 5.74) is 1.42. The number of nitrogens with zero attached hydrogens (tertiary/aromatic N) is 2. The lowest BCUT2D eigenvalue weighted by Crippen LogP contribution is -2.46. The number of carbonyl (C=O) groups excluding carboxylic acids is 2. The highest BCUT2D eigenvalue weighted by molar-refractivity contribution is 6.04. The van der Waals surface area contributed by atoms with E-state index in [0.717, 1.165) is 25.1 Å². The summed E-state index contributed by atoms with van der Waals surface area (Å²) in [6, 6.07) is 7.27. The van der Waals surface area contributed by atoms with Gasteiger partial charge in [0.05, 0.1) is 24.5 Å². The molecule has 1 fully saturated rings. The second-order valence-electron chi connectivity index (χ2n) is 6.33. The van der Waals surface area contributed by atoms with E-state index >= 15 is 0 Å². The first-order valence-corrected chi connectivity index (χ1v) is 8.16. The molecule has 0 spiro atoms. The third-order valence-corrected chi connectivity index (χ3v) is 4.68. The van der Waals surface area contributed by atoms with Gasteiger partial charge in [-0.1, -0.05) is 12.1 Å². The standard InChI is InChI=1S/C17H23N3O3/c1-12-9-16(22)18-14-6-2-3-7-15(14)20(12)17(23)10-19-8-4-5-13(19)11-21/h2-3,6-7,12-13,21H,4-5,8-11H2,1H3,(H,18,22)/t12-,13-/m0/s1. The van der Waals surface area contributed by atoms with E-state index in [1.807, 2.05) is 36.1 Å². The van der Waals surface area contributed by atoms with Gasteiger partial charge in [0.15, 0.2) is 0 Å². The second-order valence-corrected chi connectivity index (χ2v) is 6.33. The first-order valence-electron chi connectivity index (χ1n) is 8.16. The van der Waals surface area contributed by atoms with Crippen LogP contribution in [0.1, 0.15) is 26.2 Å². The van der Waals surface area contributed by atoms with Crippen molar-refractivity contribution in [3.05, 3.63) is 24.3 Å². The Bertz CT molecular complexity index is 605. The summed E-state index contributed by atoms with van der Waals surface area (Å²) in [5.74, 6) is -0.101. The van der Waals surface area contributed by atoms with Crippen LogP contribution in [0.25, 0.3) is 0 Å². The third-order valence-electron chi connectivity index (χ3n) is 4.68. The molecule has 2 aliphatic rings. The Balaban J connectivity index is 1.84. The van der Waals surface area contributed by atoms with Crippen LogP contribution in [0.3, 0.4) is 0 Å². The quantitative estimate of drug-likeness (QED) is 0.879. The molecule has 6 heteroatoms. The molecule has 3 rings (SSSR count). The number of fused-ring (bicyclic) bond motifs is 1. The van der Waals surface area contributed by atoms with E-state index in [1.54, 1.807) is 4.90 Å². The van der Waals surface area contributed by atoms with E-state index in [9.17, 15) is 14.7 Å². The Morgan fingerprint density at radius 3 is 2.96 bits per heavy atom. The van der Waals surface area contributed by atoms with E-state index in [-0.39, 0.29) is 43.5 Å². The second kappa shape index (κ2) is 6.68. The minimum Gasteiger partial charge on any atom is -0.395 e. The monoisotopic (exact) mass is 317 g/mol. The number of hydrogen-bond donors (Lipinski definition) is 2. The van der Waals surface area contributed by atoms with Crippen molar-refractivity contribution >= 4 is 23.2 Å². The van der Waals surface area contributed by atoms with Gasteiger partial charge in [0.25, 0.3) is 0 Å². The van der Waals surface area contributed by atoms with Crippen LogP contribution in [0.5, 0.6) is 0 Å². The molecule has 0 unspecified atom stereocenters. The molecule has 1 saturated heterocycles. The van der Waals surface area contributed by atoms with E-state index in [1.165, 1.54) is 0 Å². The number of aliphatic hydroxyl groups excluding tert-OH is 1. The fourth-order valence-corrected chi connectivity index (χ4v) is 3.53. The zero-order valence-electron chi connectivity index (χ0n) is 13.4. The van der Waals surface area contributed by atoms with Crippen LogP contribution < -0.4 is 10.2 Å². The molecule has 0 bridgehead atoms. The van der Waals surface area contributed by atoms with Crippen LogP contribution in [0.15, 0.2) is 24.3 Å². The molecule has 124 valence electrons. The lowest BCUT2D eigenvalue weighted by Gasteiger charge is -2.31. The van der Waals surface area contributed by atoms with Crippen molar-refractivity contribution in [3.63, 3.8) is 0 Å². The number of para-hydroxylation sites is 2. The number of carbonyl (C=O) groups is 2. The average Bonchev–Trinajstić information content (AvgIpc) is 2.90. The maximum Gasteiger partial charge on any atom is 0.241 e. The average molecular weight is 317 g/mol. The van der Waals surface area contributed by atoms with Crippen LogP contribution >= 0.6 is 0 Å². The Morgan fingerprint density at radius 2 is 2.17 bits per heavy atom. The normalized spacial score (nSPS) is 25.0. The summed E-state index contributed by atoms with van der Waals surface area (Å²) in [5, 5.41) is 12.3. The molecule has 0 saturated carbocycles. The predicted octanol–water partition coefficient (Wildman–Crippen LogP) is 1.21. The number of amides is 2. The number of hydrogen-bond acceptors (Lipinski definition) is 4. The topological polar surface area (TPSA) is 72.9 Å². The number of anilines is 2. The van der Waals surface area contributed by atoms with Gasteiger partial charge in [0.2, 0.25) is 11.8 Å². The minimum atomic E-state index is -0.193. The first-order chi connectivity index (χ1) is 11.1. The van der Waals surface area contributed by atoms with Crippen molar-refractivity contribution in [1.82, 2.24) is 4.90 Å². The maximum absolute atomic E-state index is 12.9. The molecule has 2 amide bonds. The van der Waals surface area contributed by atoms with Crippen LogP contribution in [-0.2, 0) is 9.59 Å². The number of aliphatic hydroxyl groups is 1. The number of nitrogens with one attached hydrogen (secondary N) is 1. The van der Waals surface area contributed by atoms with Gasteiger partial charge in [-0.15, -0.1) is 0 Å². The van der Waals surface area contributed by atoms with Gasteiger partial charge in [-0.3, -0.25) is 14.5 Å². The Kier molecular flexibility index (Phi) is 4.63. The molecule has 2 aliphatic heterocycles. The third kappa shape index (κ3) is 3.23. The van der Waals surface area contributed by atoms with Gasteiger partial charge >= 0.3 is 0 Å². The van der Waals surface area contributed by atoms with Crippen molar-refractivity contribution in [2.24, 2.45) is 0 Å². The lowest BCUT2D eigenvalue weighted by atomic mass is 10.1. The zero-order valence-corrected chi connectivity index (χ0v) is 13.4. The summed E-state index contributed by atoms with van der Waals surface area (Å²) in [7, 11) is 0. The molecule has 1 aromatic rings. The van der Waals surface area contributed by atoms with Gasteiger partial charge < -0.3 is 15.3 Å². The largest absolute Gasteiger partial charge is 0.395 e. The molecular weight excluding hydrogens is 294 g/mol. The Labute approximate surface area is 136 Å². The predicted molar refractivity (Wildman–Crippen MR) is 88.3 cm³/mol. The highest BCUT2D eigenvalue weighted by Crippen LogP contribution is 2.31. The highest BCUT2D eigenvalue weighted by atomic mass is 16.3. The first kappa shape index (κ1) is 16.0. The number of rotatable bonds is 3. The fourth-order valence-electron chi connectivity index (χ4n) is 3.53. The number of likely N-dealkylation sites (tertiary alicyclic amines) is 1. The molecule has 6 nitrogen and oxygen atoms in total. The number of benzene rings is 1. The molecule has 2 N–H and O–H groups in total. The minimum absolute atomic E-state index is 0.0261. The molecule has 1 aromatic carbocycles. The van der Waals surface area contributed by atoms with Crippen LogP contribution in [0.4, 0.5) is 11.4 Å². The van der Waals surface area contributed by atoms with Gasteiger partial charge in [-0.05, 0) is 38.4 Å². The molecule has 23 heavy (non-hydrogen) atoms. The molecule has 0 radical (unpaired) electrons. The Morgan fingerprint density at radius 1 is 1.39 bits per heavy atom. The fraction of sp³-hybridized carbons (Fsp3) is 0.529. The summed E-state index contributed by atoms with van der Waals surface area (Å²) in [6.07, 6.45) is 2.21. The van der Waals surface area contributed by atoms with Crippen molar-refractivity contribution in [2.45, 2.75) is 38.3 Å². The van der Waals surface area contributed by atoms with E-state index in [4.69, 9.17) is 0 Å². The van der Waals surface area contributed by atoms with Crippen molar-refractivity contribution < 1.29 is 14.7 Å². The highest BCUT2D eigenvalue weighted by Gasteiger charge is 2.32. The van der Waals surface area contributed by atoms with Gasteiger partial charge in [-0.2, -0.15) is 0 Å². The van der Waals surface area contributed by atoms with Gasteiger partial charge in [0, 0.05) is 18.5 Å². The molecule has 0 aliphatic carbocycles. The summed E-state index contributed by atoms with van der Waals surface area (Å²) in [6.45, 7) is 3.09. The molecule has 0 aromatic heterocycles. The van der Waals surface area contributed by atoms with Crippen LogP contribution in [0.2, 0.25) is 0 Å². The van der Waals surface area contributed by atoms with Crippen molar-refractivity contribution in [2.75, 3.05) is 29.9 Å². The van der Waals surface area contributed by atoms with Crippen molar-refractivity contribution in [3.8, 4) is 0 Å². The summed E-state index contributed by atoms with van der Waals surface area (Å²) < 4.78 is 0. The van der Waals surface area contributed by atoms with Gasteiger partial charge in [-0.25, -0.2) is 0 Å². The van der Waals surface area contributed by atoms with E-state index < -0.39 is 0 Å². The van der Waals surface area contributed by atoms with Crippen molar-refractivity contribution in [1.29, 1.82) is 0 Å². The summed E-state index contributed by atoms with van der Waals surface area (Å²) >= 11 is 0. The molecule has 2 atom stereocenters. The zero-order chi connectivity index (χ0) is 16.4.